The van der Waals surface area contributed by atoms with Gasteiger partial charge >= 0.3 is 0 Å². The molecule has 0 aromatic carbocycles. The molecule has 1 atom stereocenters. The molecule has 0 bridgehead atoms. The molecular weight excluding hydrogens is 352 g/mol. The fourth-order valence-electron chi connectivity index (χ4n) is 4.44. The molecule has 0 saturated carbocycles. The van der Waals surface area contributed by atoms with Gasteiger partial charge < -0.3 is 5.32 Å². The molecule has 4 rings (SSSR count). The first-order valence-electron chi connectivity index (χ1n) is 10.5. The van der Waals surface area contributed by atoms with E-state index in [1.54, 1.807) is 16.8 Å². The van der Waals surface area contributed by atoms with Gasteiger partial charge in [0.25, 0.3) is 5.56 Å². The average molecular weight is 383 g/mol. The van der Waals surface area contributed by atoms with Crippen molar-refractivity contribution in [2.45, 2.75) is 65.0 Å². The topological polar surface area (TPSA) is 75.9 Å². The number of likely N-dealkylation sites (tertiary alicyclic amines) is 1. The van der Waals surface area contributed by atoms with E-state index in [0.717, 1.165) is 49.8 Å². The second kappa shape index (κ2) is 8.39. The number of piperidine rings is 1. The van der Waals surface area contributed by atoms with E-state index in [1.807, 2.05) is 13.8 Å². The molecule has 1 saturated heterocycles. The predicted octanol–water partition coefficient (Wildman–Crippen LogP) is 2.11. The largest absolute Gasteiger partial charge is 0.368 e. The van der Waals surface area contributed by atoms with Crippen molar-refractivity contribution in [3.63, 3.8) is 0 Å². The summed E-state index contributed by atoms with van der Waals surface area (Å²) in [4.78, 5) is 23.8. The number of anilines is 1. The Morgan fingerprint density at radius 2 is 2.00 bits per heavy atom. The summed E-state index contributed by atoms with van der Waals surface area (Å²) in [5, 5.41) is 8.00. The second-order valence-electron chi connectivity index (χ2n) is 8.00. The van der Waals surface area contributed by atoms with Crippen LogP contribution in [0.1, 0.15) is 48.5 Å². The number of nitrogens with one attached hydrogen (secondary N) is 1. The summed E-state index contributed by atoms with van der Waals surface area (Å²) >= 11 is 0. The van der Waals surface area contributed by atoms with Crippen LogP contribution < -0.4 is 10.9 Å². The van der Waals surface area contributed by atoms with Crippen LogP contribution >= 0.6 is 0 Å². The lowest BCUT2D eigenvalue weighted by molar-refractivity contribution is 0.148. The summed E-state index contributed by atoms with van der Waals surface area (Å²) in [5.41, 5.74) is 3.39. The zero-order chi connectivity index (χ0) is 19.5. The van der Waals surface area contributed by atoms with Crippen LogP contribution in [0.4, 0.5) is 5.82 Å². The first-order chi connectivity index (χ1) is 13.6. The molecule has 0 radical (unpaired) electrons. The lowest BCUT2D eigenvalue weighted by Crippen LogP contribution is -2.45. The fourth-order valence-corrected chi connectivity index (χ4v) is 4.44. The highest BCUT2D eigenvalue weighted by Crippen LogP contribution is 2.26. The van der Waals surface area contributed by atoms with Gasteiger partial charge in [0.2, 0.25) is 0 Å². The molecule has 150 valence electrons. The van der Waals surface area contributed by atoms with Crippen molar-refractivity contribution in [3.05, 3.63) is 45.3 Å². The van der Waals surface area contributed by atoms with Gasteiger partial charge in [-0.05, 0) is 58.6 Å². The van der Waals surface area contributed by atoms with Crippen molar-refractivity contribution in [2.75, 3.05) is 25.0 Å². The van der Waals surface area contributed by atoms with Gasteiger partial charge in [-0.1, -0.05) is 6.42 Å². The van der Waals surface area contributed by atoms with Crippen LogP contribution in [0.5, 0.6) is 0 Å². The normalized spacial score (nSPS) is 19.6. The third kappa shape index (κ3) is 4.24. The highest BCUT2D eigenvalue weighted by Gasteiger charge is 2.24. The van der Waals surface area contributed by atoms with E-state index in [-0.39, 0.29) is 5.56 Å². The van der Waals surface area contributed by atoms with Gasteiger partial charge in [-0.3, -0.25) is 9.69 Å². The Morgan fingerprint density at radius 3 is 2.89 bits per heavy atom. The van der Waals surface area contributed by atoms with Crippen molar-refractivity contribution in [1.29, 1.82) is 0 Å². The molecule has 2 aromatic heterocycles. The number of rotatable bonds is 6. The Kier molecular flexibility index (Phi) is 5.71. The molecular formula is C21H30N6O. The standard InChI is InChI=1S/C21H30N6O/c1-15-9-10-20(28)27(25-15)13-12-26-11-4-3-6-17(26)14-22-21-18-7-5-8-19(18)23-16(2)24-21/h9-10,17H,3-8,11-14H2,1-2H3,(H,22,23,24). The zero-order valence-corrected chi connectivity index (χ0v) is 16.9. The lowest BCUT2D eigenvalue weighted by Gasteiger charge is -2.36. The third-order valence-corrected chi connectivity index (χ3v) is 5.90. The molecule has 1 unspecified atom stereocenters. The van der Waals surface area contributed by atoms with Gasteiger partial charge in [0, 0.05) is 36.5 Å². The van der Waals surface area contributed by atoms with E-state index in [4.69, 9.17) is 0 Å². The van der Waals surface area contributed by atoms with Crippen LogP contribution in [-0.2, 0) is 19.4 Å². The molecule has 28 heavy (non-hydrogen) atoms. The van der Waals surface area contributed by atoms with Crippen LogP contribution in [0.25, 0.3) is 0 Å². The summed E-state index contributed by atoms with van der Waals surface area (Å²) in [6.07, 6.45) is 6.97. The summed E-state index contributed by atoms with van der Waals surface area (Å²) in [7, 11) is 0. The zero-order valence-electron chi connectivity index (χ0n) is 16.9. The SMILES string of the molecule is Cc1ccc(=O)n(CCN2CCCCC2CNc2nc(C)nc3c2CCC3)n1. The quantitative estimate of drug-likeness (QED) is 0.825. The Bertz CT molecular complexity index is 893. The molecule has 1 aliphatic heterocycles. The van der Waals surface area contributed by atoms with Gasteiger partial charge in [0.15, 0.2) is 0 Å². The number of hydrogen-bond acceptors (Lipinski definition) is 6. The van der Waals surface area contributed by atoms with Gasteiger partial charge in [0.1, 0.15) is 11.6 Å². The Hall–Kier alpha value is -2.28. The van der Waals surface area contributed by atoms with Gasteiger partial charge in [0.05, 0.1) is 12.2 Å². The third-order valence-electron chi connectivity index (χ3n) is 5.90. The van der Waals surface area contributed by atoms with Gasteiger partial charge in [-0.15, -0.1) is 0 Å². The lowest BCUT2D eigenvalue weighted by atomic mass is 10.0. The van der Waals surface area contributed by atoms with E-state index in [0.29, 0.717) is 12.6 Å². The molecule has 1 aliphatic carbocycles. The molecule has 3 heterocycles. The molecule has 2 aromatic rings. The molecule has 1 N–H and O–H groups in total. The Morgan fingerprint density at radius 1 is 1.11 bits per heavy atom. The van der Waals surface area contributed by atoms with Crippen molar-refractivity contribution in [2.24, 2.45) is 0 Å². The fraction of sp³-hybridized carbons (Fsp3) is 0.619. The van der Waals surface area contributed by atoms with Crippen LogP contribution in [-0.4, -0.2) is 50.3 Å². The van der Waals surface area contributed by atoms with Crippen LogP contribution in [0.2, 0.25) is 0 Å². The van der Waals surface area contributed by atoms with E-state index < -0.39 is 0 Å². The number of aromatic nitrogens is 4. The maximum absolute atomic E-state index is 12.0. The number of nitrogens with zero attached hydrogens (tertiary/aromatic N) is 5. The van der Waals surface area contributed by atoms with Crippen LogP contribution in [0.15, 0.2) is 16.9 Å². The van der Waals surface area contributed by atoms with Crippen LogP contribution in [0.3, 0.4) is 0 Å². The minimum absolute atomic E-state index is 0.0238. The molecule has 0 spiro atoms. The smallest absolute Gasteiger partial charge is 0.266 e. The summed E-state index contributed by atoms with van der Waals surface area (Å²) in [6, 6.07) is 3.84. The summed E-state index contributed by atoms with van der Waals surface area (Å²) in [5.74, 6) is 1.88. The molecule has 1 fully saturated rings. The van der Waals surface area contributed by atoms with E-state index >= 15 is 0 Å². The van der Waals surface area contributed by atoms with Crippen molar-refractivity contribution in [3.8, 4) is 0 Å². The Labute approximate surface area is 166 Å². The minimum atomic E-state index is -0.0238. The van der Waals surface area contributed by atoms with E-state index in [2.05, 4.69) is 25.3 Å². The second-order valence-corrected chi connectivity index (χ2v) is 8.00. The first-order valence-corrected chi connectivity index (χ1v) is 10.5. The highest BCUT2D eigenvalue weighted by molar-refractivity contribution is 5.48. The van der Waals surface area contributed by atoms with Crippen molar-refractivity contribution >= 4 is 5.82 Å². The van der Waals surface area contributed by atoms with Crippen molar-refractivity contribution < 1.29 is 0 Å². The monoisotopic (exact) mass is 382 g/mol. The maximum atomic E-state index is 12.0. The molecule has 7 heteroatoms. The van der Waals surface area contributed by atoms with Crippen molar-refractivity contribution in [1.82, 2.24) is 24.6 Å². The first kappa shape index (κ1) is 19.1. The number of aryl methyl sites for hydroxylation is 3. The van der Waals surface area contributed by atoms with Crippen LogP contribution in [0, 0.1) is 13.8 Å². The number of fused-ring (bicyclic) bond motifs is 1. The molecule has 0 amide bonds. The molecule has 2 aliphatic rings. The van der Waals surface area contributed by atoms with E-state index in [1.165, 1.54) is 36.9 Å². The van der Waals surface area contributed by atoms with Gasteiger partial charge in [-0.2, -0.15) is 5.10 Å². The molecule has 7 nitrogen and oxygen atoms in total. The Balaban J connectivity index is 1.40. The summed E-state index contributed by atoms with van der Waals surface area (Å²) in [6.45, 7) is 7.35. The summed E-state index contributed by atoms with van der Waals surface area (Å²) < 4.78 is 1.59. The predicted molar refractivity (Wildman–Crippen MR) is 110 cm³/mol. The maximum Gasteiger partial charge on any atom is 0.266 e. The van der Waals surface area contributed by atoms with Gasteiger partial charge in [-0.25, -0.2) is 14.6 Å². The van der Waals surface area contributed by atoms with E-state index in [9.17, 15) is 4.79 Å². The number of hydrogen-bond donors (Lipinski definition) is 1. The minimum Gasteiger partial charge on any atom is -0.368 e. The highest BCUT2D eigenvalue weighted by atomic mass is 16.1. The average Bonchev–Trinajstić information content (AvgIpc) is 3.16.